The lowest BCUT2D eigenvalue weighted by Crippen LogP contribution is -2.38. The van der Waals surface area contributed by atoms with Gasteiger partial charge in [0.1, 0.15) is 5.76 Å². The number of aliphatic imine (C=N–C) groups is 1. The van der Waals surface area contributed by atoms with Crippen LogP contribution in [-0.4, -0.2) is 36.4 Å². The van der Waals surface area contributed by atoms with Crippen LogP contribution in [0.5, 0.6) is 11.5 Å². The second-order valence-corrected chi connectivity index (χ2v) is 5.70. The van der Waals surface area contributed by atoms with Crippen LogP contribution < -0.4 is 9.47 Å². The summed E-state index contributed by atoms with van der Waals surface area (Å²) in [6.07, 6.45) is 3.12. The molecule has 1 N–H and O–H groups in total. The molecule has 25 heavy (non-hydrogen) atoms. The van der Waals surface area contributed by atoms with Crippen LogP contribution in [0.25, 0.3) is 6.08 Å². The second kappa shape index (κ2) is 6.60. The van der Waals surface area contributed by atoms with Crippen molar-refractivity contribution in [1.29, 1.82) is 5.41 Å². The second-order valence-electron chi connectivity index (χ2n) is 5.29. The summed E-state index contributed by atoms with van der Waals surface area (Å²) in [5.41, 5.74) is 0.676. The van der Waals surface area contributed by atoms with Crippen molar-refractivity contribution in [2.24, 2.45) is 4.99 Å². The summed E-state index contributed by atoms with van der Waals surface area (Å²) < 4.78 is 10.8. The number of amides is 1. The van der Waals surface area contributed by atoms with Gasteiger partial charge in [0.25, 0.3) is 5.91 Å². The highest BCUT2D eigenvalue weighted by molar-refractivity contribution is 6.33. The Bertz CT molecular complexity index is 858. The number of hydroxylamine groups is 2. The Hall–Kier alpha value is -2.80. The minimum absolute atomic E-state index is 0.0907. The lowest BCUT2D eigenvalue weighted by atomic mass is 10.1. The summed E-state index contributed by atoms with van der Waals surface area (Å²) in [7, 11) is 1.50. The molecule has 2 aliphatic heterocycles. The molecule has 130 valence electrons. The van der Waals surface area contributed by atoms with Gasteiger partial charge < -0.3 is 14.3 Å². The summed E-state index contributed by atoms with van der Waals surface area (Å²) >= 11 is 6.25. The smallest absolute Gasteiger partial charge is 0.282 e. The Balaban J connectivity index is 2.00. The van der Waals surface area contributed by atoms with E-state index in [0.29, 0.717) is 40.3 Å². The molecule has 1 aromatic rings. The van der Waals surface area contributed by atoms with E-state index in [1.165, 1.54) is 18.2 Å². The van der Waals surface area contributed by atoms with Crippen LogP contribution in [0.2, 0.25) is 5.02 Å². The molecule has 0 fully saturated rings. The standard InChI is InChI=1S/C17H16ClN3O4/c1-4-24-15-12(18)7-10(8-13(15)23-3)6-11-16(19)21-14(20-17(11)22)5-9(2)25-21/h5-8,19H,4H2,1-3H3/b11-6+,19-16?. The van der Waals surface area contributed by atoms with Crippen molar-refractivity contribution < 1.29 is 19.1 Å². The molecule has 0 aromatic heterocycles. The van der Waals surface area contributed by atoms with Gasteiger partial charge >= 0.3 is 0 Å². The van der Waals surface area contributed by atoms with Gasteiger partial charge in [0.15, 0.2) is 23.2 Å². The lowest BCUT2D eigenvalue weighted by Gasteiger charge is -2.23. The number of allylic oxidation sites excluding steroid dienone is 1. The van der Waals surface area contributed by atoms with E-state index < -0.39 is 5.91 Å². The highest BCUT2D eigenvalue weighted by Gasteiger charge is 2.34. The largest absolute Gasteiger partial charge is 0.493 e. The summed E-state index contributed by atoms with van der Waals surface area (Å²) in [5.74, 6) is 1.12. The van der Waals surface area contributed by atoms with Crippen molar-refractivity contribution >= 4 is 35.3 Å². The van der Waals surface area contributed by atoms with Gasteiger partial charge in [-0.25, -0.2) is 0 Å². The van der Waals surface area contributed by atoms with E-state index in [-0.39, 0.29) is 11.4 Å². The van der Waals surface area contributed by atoms with Gasteiger partial charge in [0.05, 0.1) is 24.3 Å². The molecule has 0 bridgehead atoms. The van der Waals surface area contributed by atoms with Gasteiger partial charge in [-0.05, 0) is 37.6 Å². The molecular weight excluding hydrogens is 346 g/mol. The third-order valence-corrected chi connectivity index (χ3v) is 3.81. The van der Waals surface area contributed by atoms with Crippen molar-refractivity contribution in [2.75, 3.05) is 13.7 Å². The third kappa shape index (κ3) is 3.10. The molecule has 0 unspecified atom stereocenters. The number of rotatable bonds is 4. The molecular formula is C17H16ClN3O4. The molecule has 2 heterocycles. The Morgan fingerprint density at radius 2 is 2.20 bits per heavy atom. The number of fused-ring (bicyclic) bond motifs is 1. The average Bonchev–Trinajstić information content (AvgIpc) is 2.94. The minimum Gasteiger partial charge on any atom is -0.493 e. The highest BCUT2D eigenvalue weighted by atomic mass is 35.5. The molecule has 0 saturated carbocycles. The zero-order valence-electron chi connectivity index (χ0n) is 13.9. The number of nitrogens with one attached hydrogen (secondary N) is 1. The molecule has 0 aliphatic carbocycles. The van der Waals surface area contributed by atoms with Crippen molar-refractivity contribution in [2.45, 2.75) is 13.8 Å². The van der Waals surface area contributed by atoms with Gasteiger partial charge in [-0.3, -0.25) is 10.2 Å². The Kier molecular flexibility index (Phi) is 4.50. The Morgan fingerprint density at radius 3 is 2.88 bits per heavy atom. The van der Waals surface area contributed by atoms with E-state index in [2.05, 4.69) is 4.99 Å². The van der Waals surface area contributed by atoms with E-state index >= 15 is 0 Å². The van der Waals surface area contributed by atoms with E-state index in [0.717, 1.165) is 0 Å². The fourth-order valence-corrected chi connectivity index (χ4v) is 2.75. The topological polar surface area (TPSA) is 84.2 Å². The summed E-state index contributed by atoms with van der Waals surface area (Å²) in [4.78, 5) is 21.6. The highest BCUT2D eigenvalue weighted by Crippen LogP contribution is 2.37. The van der Waals surface area contributed by atoms with Gasteiger partial charge in [0, 0.05) is 6.08 Å². The van der Waals surface area contributed by atoms with E-state index in [4.69, 9.17) is 31.3 Å². The van der Waals surface area contributed by atoms with Crippen LogP contribution in [0, 0.1) is 5.41 Å². The van der Waals surface area contributed by atoms with Crippen molar-refractivity contribution in [3.05, 3.63) is 40.1 Å². The fraction of sp³-hybridized carbons (Fsp3) is 0.235. The summed E-state index contributed by atoms with van der Waals surface area (Å²) in [6.45, 7) is 4.00. The fourth-order valence-electron chi connectivity index (χ4n) is 2.47. The molecule has 0 radical (unpaired) electrons. The molecule has 0 atom stereocenters. The molecule has 1 amide bonds. The number of ether oxygens (including phenoxy) is 2. The zero-order chi connectivity index (χ0) is 18.1. The van der Waals surface area contributed by atoms with E-state index in [9.17, 15) is 4.79 Å². The van der Waals surface area contributed by atoms with Crippen molar-refractivity contribution in [1.82, 2.24) is 5.06 Å². The third-order valence-electron chi connectivity index (χ3n) is 3.53. The van der Waals surface area contributed by atoms with Crippen LogP contribution in [0.4, 0.5) is 0 Å². The van der Waals surface area contributed by atoms with Gasteiger partial charge in [-0.2, -0.15) is 4.99 Å². The molecule has 8 heteroatoms. The van der Waals surface area contributed by atoms with Gasteiger partial charge in [-0.1, -0.05) is 11.6 Å². The number of halogens is 1. The number of amidine groups is 2. The Labute approximate surface area is 149 Å². The monoisotopic (exact) mass is 361 g/mol. The quantitative estimate of drug-likeness (QED) is 0.832. The van der Waals surface area contributed by atoms with Gasteiger partial charge in [0.2, 0.25) is 0 Å². The number of nitrogens with zero attached hydrogens (tertiary/aromatic N) is 2. The first-order chi connectivity index (χ1) is 11.9. The predicted octanol–water partition coefficient (Wildman–Crippen LogP) is 3.20. The first-order valence-electron chi connectivity index (χ1n) is 7.55. The summed E-state index contributed by atoms with van der Waals surface area (Å²) in [5, 5.41) is 9.77. The molecule has 7 nitrogen and oxygen atoms in total. The number of hydrogen-bond acceptors (Lipinski definition) is 5. The number of methoxy groups -OCH3 is 1. The first-order valence-corrected chi connectivity index (χ1v) is 7.92. The number of carbonyl (C=O) groups is 1. The molecule has 0 spiro atoms. The van der Waals surface area contributed by atoms with Crippen LogP contribution >= 0.6 is 11.6 Å². The van der Waals surface area contributed by atoms with E-state index in [1.54, 1.807) is 25.1 Å². The minimum atomic E-state index is -0.519. The van der Waals surface area contributed by atoms with Crippen molar-refractivity contribution in [3.63, 3.8) is 0 Å². The maximum Gasteiger partial charge on any atom is 0.282 e. The van der Waals surface area contributed by atoms with Crippen LogP contribution in [0.15, 0.2) is 34.5 Å². The number of benzene rings is 1. The number of carbonyl (C=O) groups excluding carboxylic acids is 1. The average molecular weight is 362 g/mol. The lowest BCUT2D eigenvalue weighted by molar-refractivity contribution is -0.114. The van der Waals surface area contributed by atoms with Crippen LogP contribution in [0.1, 0.15) is 19.4 Å². The van der Waals surface area contributed by atoms with Crippen LogP contribution in [0.3, 0.4) is 0 Å². The normalized spacial score (nSPS) is 17.9. The summed E-state index contributed by atoms with van der Waals surface area (Å²) in [6, 6.07) is 3.31. The van der Waals surface area contributed by atoms with Crippen LogP contribution in [-0.2, 0) is 9.63 Å². The molecule has 2 aliphatic rings. The zero-order valence-corrected chi connectivity index (χ0v) is 14.7. The van der Waals surface area contributed by atoms with Gasteiger partial charge in [-0.15, -0.1) is 5.06 Å². The SMILES string of the molecule is CCOc1c(Cl)cc(/C=C2\C(=N)N3OC(C)=CC3=NC2=O)cc1OC. The molecule has 3 rings (SSSR count). The van der Waals surface area contributed by atoms with E-state index in [1.807, 2.05) is 6.92 Å². The Morgan fingerprint density at radius 1 is 1.44 bits per heavy atom. The molecule has 1 aromatic carbocycles. The maximum absolute atomic E-state index is 12.3. The maximum atomic E-state index is 12.3. The van der Waals surface area contributed by atoms with Crippen molar-refractivity contribution in [3.8, 4) is 11.5 Å². The molecule has 0 saturated heterocycles. The first kappa shape index (κ1) is 17.0. The number of hydrogen-bond donors (Lipinski definition) is 1. The predicted molar refractivity (Wildman–Crippen MR) is 94.0 cm³/mol.